The molecule has 1 amide bonds. The van der Waals surface area contributed by atoms with E-state index in [1.165, 1.54) is 6.20 Å². The lowest BCUT2D eigenvalue weighted by molar-refractivity contribution is 0.0788. The van der Waals surface area contributed by atoms with E-state index in [0.717, 1.165) is 16.7 Å². The minimum atomic E-state index is -0.0982. The van der Waals surface area contributed by atoms with Gasteiger partial charge in [-0.1, -0.05) is 29.8 Å². The Bertz CT molecular complexity index is 567. The molecular weight excluding hydrogens is 264 g/mol. The number of halogens is 1. The van der Waals surface area contributed by atoms with Crippen molar-refractivity contribution < 1.29 is 9.90 Å². The maximum Gasteiger partial charge on any atom is 0.254 e. The average molecular weight is 279 g/mol. The average Bonchev–Trinajstić information content (AvgIpc) is 2.67. The van der Waals surface area contributed by atoms with Crippen LogP contribution in [0.15, 0.2) is 36.1 Å². The zero-order valence-corrected chi connectivity index (χ0v) is 11.4. The minimum absolute atomic E-state index is 0.0830. The fourth-order valence-corrected chi connectivity index (χ4v) is 2.33. The number of carbonyl (C=O) groups excluding carboxylic acids is 1. The number of aromatic nitrogens is 1. The fraction of sp³-hybridized carbons (Fsp3) is 0.286. The van der Waals surface area contributed by atoms with Crippen LogP contribution in [0.3, 0.4) is 0 Å². The van der Waals surface area contributed by atoms with Crippen molar-refractivity contribution >= 4 is 17.5 Å². The SMILES string of the molecule is C=C(C)/C=C(\CO)CN1Cc2c(ccnc2Cl)C1=O. The number of aliphatic hydroxyl groups is 1. The molecular formula is C14H15ClN2O2. The summed E-state index contributed by atoms with van der Waals surface area (Å²) in [6, 6.07) is 1.67. The van der Waals surface area contributed by atoms with Crippen molar-refractivity contribution in [3.8, 4) is 0 Å². The Balaban J connectivity index is 2.20. The van der Waals surface area contributed by atoms with Crippen molar-refractivity contribution in [1.82, 2.24) is 9.88 Å². The molecule has 5 heteroatoms. The molecule has 100 valence electrons. The van der Waals surface area contributed by atoms with E-state index in [-0.39, 0.29) is 12.5 Å². The fourth-order valence-electron chi connectivity index (χ4n) is 2.11. The molecule has 1 aromatic heterocycles. The van der Waals surface area contributed by atoms with Crippen molar-refractivity contribution in [2.24, 2.45) is 0 Å². The molecule has 0 spiro atoms. The van der Waals surface area contributed by atoms with E-state index in [2.05, 4.69) is 11.6 Å². The zero-order chi connectivity index (χ0) is 14.0. The molecule has 2 rings (SSSR count). The van der Waals surface area contributed by atoms with Crippen molar-refractivity contribution in [2.45, 2.75) is 13.5 Å². The summed E-state index contributed by atoms with van der Waals surface area (Å²) in [6.45, 7) is 6.31. The Labute approximate surface area is 117 Å². The van der Waals surface area contributed by atoms with Crippen LogP contribution < -0.4 is 0 Å². The van der Waals surface area contributed by atoms with Crippen LogP contribution >= 0.6 is 11.6 Å². The van der Waals surface area contributed by atoms with E-state index in [4.69, 9.17) is 11.6 Å². The molecule has 0 aromatic carbocycles. The van der Waals surface area contributed by atoms with E-state index in [1.807, 2.05) is 6.92 Å². The molecule has 1 aliphatic rings. The first kappa shape index (κ1) is 13.8. The standard InChI is InChI=1S/C14H15ClN2O2/c1-9(2)5-10(8-18)6-17-7-12-11(14(17)19)3-4-16-13(12)15/h3-5,18H,1,6-8H2,2H3/b10-5-. The largest absolute Gasteiger partial charge is 0.392 e. The number of nitrogens with zero attached hydrogens (tertiary/aromatic N) is 2. The van der Waals surface area contributed by atoms with Crippen molar-refractivity contribution in [3.63, 3.8) is 0 Å². The normalized spacial score (nSPS) is 14.8. The Kier molecular flexibility index (Phi) is 4.02. The van der Waals surface area contributed by atoms with Crippen LogP contribution in [0.1, 0.15) is 22.8 Å². The Morgan fingerprint density at radius 2 is 2.42 bits per heavy atom. The summed E-state index contributed by atoms with van der Waals surface area (Å²) in [7, 11) is 0. The number of allylic oxidation sites excluding steroid dienone is 2. The predicted octanol–water partition coefficient (Wildman–Crippen LogP) is 2.19. The van der Waals surface area contributed by atoms with E-state index >= 15 is 0 Å². The highest BCUT2D eigenvalue weighted by molar-refractivity contribution is 6.30. The van der Waals surface area contributed by atoms with Gasteiger partial charge in [-0.05, 0) is 18.6 Å². The molecule has 2 heterocycles. The molecule has 0 saturated carbocycles. The van der Waals surface area contributed by atoms with Crippen LogP contribution in [-0.2, 0) is 6.54 Å². The third-order valence-corrected chi connectivity index (χ3v) is 3.24. The van der Waals surface area contributed by atoms with Crippen LogP contribution in [-0.4, -0.2) is 34.0 Å². The van der Waals surface area contributed by atoms with Gasteiger partial charge in [0.1, 0.15) is 5.15 Å². The monoisotopic (exact) mass is 278 g/mol. The van der Waals surface area contributed by atoms with Crippen LogP contribution in [0.25, 0.3) is 0 Å². The van der Waals surface area contributed by atoms with Crippen LogP contribution in [0, 0.1) is 0 Å². The third kappa shape index (κ3) is 2.85. The van der Waals surface area contributed by atoms with Gasteiger partial charge in [0.15, 0.2) is 0 Å². The molecule has 1 aliphatic heterocycles. The maximum atomic E-state index is 12.2. The quantitative estimate of drug-likeness (QED) is 0.678. The smallest absolute Gasteiger partial charge is 0.254 e. The predicted molar refractivity (Wildman–Crippen MR) is 74.0 cm³/mol. The first-order valence-electron chi connectivity index (χ1n) is 5.91. The number of aliphatic hydroxyl groups excluding tert-OH is 1. The second-order valence-electron chi connectivity index (χ2n) is 4.60. The van der Waals surface area contributed by atoms with Crippen LogP contribution in [0.4, 0.5) is 0 Å². The van der Waals surface area contributed by atoms with Gasteiger partial charge in [-0.15, -0.1) is 0 Å². The second kappa shape index (κ2) is 5.55. The van der Waals surface area contributed by atoms with E-state index < -0.39 is 0 Å². The molecule has 0 atom stereocenters. The molecule has 1 aromatic rings. The van der Waals surface area contributed by atoms with Gasteiger partial charge in [-0.3, -0.25) is 4.79 Å². The molecule has 0 unspecified atom stereocenters. The number of rotatable bonds is 4. The van der Waals surface area contributed by atoms with E-state index in [0.29, 0.717) is 23.8 Å². The van der Waals surface area contributed by atoms with Crippen LogP contribution in [0.5, 0.6) is 0 Å². The van der Waals surface area contributed by atoms with Gasteiger partial charge in [-0.2, -0.15) is 0 Å². The zero-order valence-electron chi connectivity index (χ0n) is 10.7. The summed E-state index contributed by atoms with van der Waals surface area (Å²) in [5, 5.41) is 9.67. The molecule has 19 heavy (non-hydrogen) atoms. The summed E-state index contributed by atoms with van der Waals surface area (Å²) in [5.41, 5.74) is 2.93. The number of pyridine rings is 1. The summed E-state index contributed by atoms with van der Waals surface area (Å²) in [4.78, 5) is 17.8. The van der Waals surface area contributed by atoms with E-state index in [9.17, 15) is 9.90 Å². The topological polar surface area (TPSA) is 53.4 Å². The molecule has 1 N–H and O–H groups in total. The maximum absolute atomic E-state index is 12.2. The van der Waals surface area contributed by atoms with Gasteiger partial charge in [0.25, 0.3) is 5.91 Å². The first-order chi connectivity index (χ1) is 9.02. The second-order valence-corrected chi connectivity index (χ2v) is 4.95. The molecule has 0 radical (unpaired) electrons. The summed E-state index contributed by atoms with van der Waals surface area (Å²) >= 11 is 5.99. The number of hydrogen-bond donors (Lipinski definition) is 1. The molecule has 0 aliphatic carbocycles. The lowest BCUT2D eigenvalue weighted by atomic mass is 10.2. The van der Waals surface area contributed by atoms with Gasteiger partial charge in [0, 0.05) is 23.9 Å². The Morgan fingerprint density at radius 3 is 3.00 bits per heavy atom. The van der Waals surface area contributed by atoms with Crippen molar-refractivity contribution in [1.29, 1.82) is 0 Å². The highest BCUT2D eigenvalue weighted by Gasteiger charge is 2.29. The number of carbonyl (C=O) groups is 1. The molecule has 4 nitrogen and oxygen atoms in total. The van der Waals surface area contributed by atoms with Crippen LogP contribution in [0.2, 0.25) is 5.15 Å². The number of fused-ring (bicyclic) bond motifs is 1. The van der Waals surface area contributed by atoms with Gasteiger partial charge in [-0.25, -0.2) is 4.98 Å². The summed E-state index contributed by atoms with van der Waals surface area (Å²) in [5.74, 6) is -0.0830. The van der Waals surface area contributed by atoms with Crippen molar-refractivity contribution in [2.75, 3.05) is 13.2 Å². The Morgan fingerprint density at radius 1 is 1.68 bits per heavy atom. The van der Waals surface area contributed by atoms with E-state index in [1.54, 1.807) is 17.0 Å². The Hall–Kier alpha value is -1.65. The van der Waals surface area contributed by atoms with Gasteiger partial charge in [0.2, 0.25) is 0 Å². The highest BCUT2D eigenvalue weighted by atomic mass is 35.5. The molecule has 0 fully saturated rings. The number of hydrogen-bond acceptors (Lipinski definition) is 3. The van der Waals surface area contributed by atoms with Gasteiger partial charge in [0.05, 0.1) is 13.2 Å². The van der Waals surface area contributed by atoms with Gasteiger partial charge < -0.3 is 10.0 Å². The number of amides is 1. The summed E-state index contributed by atoms with van der Waals surface area (Å²) in [6.07, 6.45) is 3.31. The lowest BCUT2D eigenvalue weighted by Gasteiger charge is -2.17. The third-order valence-electron chi connectivity index (χ3n) is 2.92. The molecule has 0 bridgehead atoms. The highest BCUT2D eigenvalue weighted by Crippen LogP contribution is 2.27. The lowest BCUT2D eigenvalue weighted by Crippen LogP contribution is -2.27. The minimum Gasteiger partial charge on any atom is -0.392 e. The molecule has 0 saturated heterocycles. The first-order valence-corrected chi connectivity index (χ1v) is 6.29. The van der Waals surface area contributed by atoms with Gasteiger partial charge >= 0.3 is 0 Å². The van der Waals surface area contributed by atoms with Crippen molar-refractivity contribution in [3.05, 3.63) is 52.3 Å². The summed E-state index contributed by atoms with van der Waals surface area (Å²) < 4.78 is 0.